The minimum Gasteiger partial charge on any atom is -0.476 e. The second kappa shape index (κ2) is 5.76. The summed E-state index contributed by atoms with van der Waals surface area (Å²) in [6, 6.07) is 0. The second-order valence-electron chi connectivity index (χ2n) is 4.01. The highest BCUT2D eigenvalue weighted by molar-refractivity contribution is 8.00. The summed E-state index contributed by atoms with van der Waals surface area (Å²) in [5.41, 5.74) is -4.10. The number of nitrogens with zero attached hydrogens (tertiary/aromatic N) is 5. The number of aromatic nitrogens is 5. The van der Waals surface area contributed by atoms with E-state index in [-0.39, 0.29) is 35.4 Å². The van der Waals surface area contributed by atoms with Gasteiger partial charge in [0.15, 0.2) is 5.69 Å². The number of carbonyl (C=O) groups is 1. The van der Waals surface area contributed by atoms with Gasteiger partial charge in [-0.05, 0) is 11.8 Å². The van der Waals surface area contributed by atoms with Crippen LogP contribution in [-0.4, -0.2) is 47.1 Å². The van der Waals surface area contributed by atoms with Gasteiger partial charge in [-0.25, -0.2) is 9.48 Å². The molecular weight excluding hydrogens is 311 g/mol. The Balaban J connectivity index is 2.28. The second-order valence-corrected chi connectivity index (χ2v) is 5.17. The molecule has 0 saturated carbocycles. The van der Waals surface area contributed by atoms with Crippen molar-refractivity contribution in [3.8, 4) is 11.3 Å². The predicted molar refractivity (Wildman–Crippen MR) is 67.7 cm³/mol. The number of aryl methyl sites for hydroxylation is 2. The van der Waals surface area contributed by atoms with Crippen LogP contribution in [-0.2, 0) is 13.6 Å². The molecule has 2 aromatic rings. The summed E-state index contributed by atoms with van der Waals surface area (Å²) in [7, 11) is 1.64. The fourth-order valence-corrected chi connectivity index (χ4v) is 2.19. The molecule has 21 heavy (non-hydrogen) atoms. The number of carboxylic acids is 1. The molecule has 7 nitrogen and oxygen atoms in total. The topological polar surface area (TPSA) is 85.8 Å². The van der Waals surface area contributed by atoms with Crippen molar-refractivity contribution in [1.29, 1.82) is 0 Å². The van der Waals surface area contributed by atoms with Crippen molar-refractivity contribution in [3.63, 3.8) is 0 Å². The molecule has 0 saturated heterocycles. The van der Waals surface area contributed by atoms with Crippen LogP contribution in [0.25, 0.3) is 11.3 Å². The lowest BCUT2D eigenvalue weighted by Gasteiger charge is -2.07. The summed E-state index contributed by atoms with van der Waals surface area (Å²) in [5.74, 6) is -1.59. The minimum atomic E-state index is -4.34. The summed E-state index contributed by atoms with van der Waals surface area (Å²) >= 11 is -0.202. The number of rotatable bonds is 5. The Morgan fingerprint density at radius 1 is 1.48 bits per heavy atom. The van der Waals surface area contributed by atoms with Gasteiger partial charge in [-0.15, -0.1) is 5.10 Å². The van der Waals surface area contributed by atoms with Crippen molar-refractivity contribution >= 4 is 17.7 Å². The third-order valence-electron chi connectivity index (χ3n) is 2.48. The lowest BCUT2D eigenvalue weighted by molar-refractivity contribution is -0.0328. The molecule has 2 rings (SSSR count). The Labute approximate surface area is 120 Å². The molecule has 1 N–H and O–H groups in total. The van der Waals surface area contributed by atoms with Crippen LogP contribution in [0.4, 0.5) is 13.2 Å². The normalized spacial score (nSPS) is 11.8. The van der Waals surface area contributed by atoms with Gasteiger partial charge < -0.3 is 5.11 Å². The van der Waals surface area contributed by atoms with Gasteiger partial charge >= 0.3 is 11.5 Å². The zero-order chi connectivity index (χ0) is 15.6. The molecule has 2 aromatic heterocycles. The molecule has 0 amide bonds. The highest BCUT2D eigenvalue weighted by Gasteiger charge is 2.28. The highest BCUT2D eigenvalue weighted by Crippen LogP contribution is 2.30. The van der Waals surface area contributed by atoms with Gasteiger partial charge in [0, 0.05) is 24.6 Å². The summed E-state index contributed by atoms with van der Waals surface area (Å²) in [6.07, 6.45) is 2.94. The summed E-state index contributed by atoms with van der Waals surface area (Å²) in [4.78, 5) is 11.1. The van der Waals surface area contributed by atoms with Gasteiger partial charge in [-0.2, -0.15) is 18.3 Å². The summed E-state index contributed by atoms with van der Waals surface area (Å²) in [6.45, 7) is -0.116. The van der Waals surface area contributed by atoms with E-state index in [1.54, 1.807) is 13.2 Å². The number of hydrogen-bond acceptors (Lipinski definition) is 5. The monoisotopic (exact) mass is 321 g/mol. The SMILES string of the molecule is Cn1cc(-c2c(C(=O)O)nnn2CCSC(F)(F)F)cn1. The lowest BCUT2D eigenvalue weighted by Crippen LogP contribution is -2.10. The van der Waals surface area contributed by atoms with Gasteiger partial charge in [0.1, 0.15) is 5.69 Å². The molecule has 0 fully saturated rings. The van der Waals surface area contributed by atoms with E-state index in [1.807, 2.05) is 0 Å². The van der Waals surface area contributed by atoms with E-state index in [0.29, 0.717) is 5.56 Å². The first-order valence-electron chi connectivity index (χ1n) is 5.64. The van der Waals surface area contributed by atoms with Crippen molar-refractivity contribution in [2.45, 2.75) is 12.1 Å². The van der Waals surface area contributed by atoms with Gasteiger partial charge in [0.05, 0.1) is 12.7 Å². The molecule has 114 valence electrons. The Morgan fingerprint density at radius 2 is 2.19 bits per heavy atom. The molecule has 0 aliphatic rings. The van der Waals surface area contributed by atoms with Gasteiger partial charge in [0.25, 0.3) is 0 Å². The van der Waals surface area contributed by atoms with Gasteiger partial charge in [-0.3, -0.25) is 4.68 Å². The molecule has 0 spiro atoms. The van der Waals surface area contributed by atoms with E-state index in [9.17, 15) is 18.0 Å². The number of hydrogen-bond donors (Lipinski definition) is 1. The van der Waals surface area contributed by atoms with Crippen LogP contribution in [0.5, 0.6) is 0 Å². The lowest BCUT2D eigenvalue weighted by atomic mass is 10.2. The third kappa shape index (κ3) is 3.74. The standard InChI is InChI=1S/C10H10F3N5O2S/c1-17-5-6(4-14-17)8-7(9(19)20)15-16-18(8)2-3-21-10(11,12)13/h4-5H,2-3H2,1H3,(H,19,20). The van der Waals surface area contributed by atoms with Crippen LogP contribution in [0.1, 0.15) is 10.5 Å². The first-order chi connectivity index (χ1) is 9.78. The average Bonchev–Trinajstić information content (AvgIpc) is 2.93. The zero-order valence-electron chi connectivity index (χ0n) is 10.7. The van der Waals surface area contributed by atoms with Crippen molar-refractivity contribution < 1.29 is 23.1 Å². The van der Waals surface area contributed by atoms with Crippen LogP contribution >= 0.6 is 11.8 Å². The number of halogens is 3. The number of aromatic carboxylic acids is 1. The zero-order valence-corrected chi connectivity index (χ0v) is 11.5. The maximum absolute atomic E-state index is 12.1. The van der Waals surface area contributed by atoms with Gasteiger partial charge in [0.2, 0.25) is 0 Å². The molecular formula is C10H10F3N5O2S. The Hall–Kier alpha value is -2.04. The molecule has 0 aromatic carbocycles. The van der Waals surface area contributed by atoms with E-state index in [2.05, 4.69) is 15.4 Å². The maximum atomic E-state index is 12.1. The summed E-state index contributed by atoms with van der Waals surface area (Å²) < 4.78 is 39.0. The fourth-order valence-electron chi connectivity index (χ4n) is 1.69. The van der Waals surface area contributed by atoms with E-state index >= 15 is 0 Å². The Morgan fingerprint density at radius 3 is 2.71 bits per heavy atom. The number of carboxylic acid groups (broad SMARTS) is 1. The van der Waals surface area contributed by atoms with E-state index in [4.69, 9.17) is 5.11 Å². The first kappa shape index (κ1) is 15.4. The van der Waals surface area contributed by atoms with E-state index in [0.717, 1.165) is 4.68 Å². The first-order valence-corrected chi connectivity index (χ1v) is 6.63. The molecule has 0 bridgehead atoms. The van der Waals surface area contributed by atoms with Crippen LogP contribution in [0.2, 0.25) is 0 Å². The molecule has 0 unspecified atom stereocenters. The molecule has 0 aliphatic carbocycles. The third-order valence-corrected chi connectivity index (χ3v) is 3.20. The molecule has 0 radical (unpaired) electrons. The Bertz CT molecular complexity index is 651. The van der Waals surface area contributed by atoms with Crippen LogP contribution in [0.3, 0.4) is 0 Å². The van der Waals surface area contributed by atoms with Gasteiger partial charge in [-0.1, -0.05) is 5.21 Å². The average molecular weight is 321 g/mol. The summed E-state index contributed by atoms with van der Waals surface area (Å²) in [5, 5.41) is 20.1. The molecule has 2 heterocycles. The quantitative estimate of drug-likeness (QED) is 0.901. The predicted octanol–water partition coefficient (Wildman–Crippen LogP) is 1.63. The van der Waals surface area contributed by atoms with E-state index < -0.39 is 11.5 Å². The smallest absolute Gasteiger partial charge is 0.441 e. The molecule has 11 heteroatoms. The van der Waals surface area contributed by atoms with Crippen molar-refractivity contribution in [2.75, 3.05) is 5.75 Å². The van der Waals surface area contributed by atoms with Crippen molar-refractivity contribution in [2.24, 2.45) is 7.05 Å². The maximum Gasteiger partial charge on any atom is 0.441 e. The van der Waals surface area contributed by atoms with E-state index in [1.165, 1.54) is 10.9 Å². The highest BCUT2D eigenvalue weighted by atomic mass is 32.2. The van der Waals surface area contributed by atoms with Crippen LogP contribution in [0, 0.1) is 0 Å². The Kier molecular flexibility index (Phi) is 4.21. The molecule has 0 atom stereocenters. The van der Waals surface area contributed by atoms with Crippen LogP contribution < -0.4 is 0 Å². The number of alkyl halides is 3. The molecule has 0 aliphatic heterocycles. The number of thioether (sulfide) groups is 1. The largest absolute Gasteiger partial charge is 0.476 e. The fraction of sp³-hybridized carbons (Fsp3) is 0.400. The van der Waals surface area contributed by atoms with Crippen molar-refractivity contribution in [3.05, 3.63) is 18.1 Å². The minimum absolute atomic E-state index is 0.116. The van der Waals surface area contributed by atoms with Crippen LogP contribution in [0.15, 0.2) is 12.4 Å². The van der Waals surface area contributed by atoms with Crippen molar-refractivity contribution in [1.82, 2.24) is 24.8 Å².